The molecule has 4 aromatic rings. The zero-order valence-electron chi connectivity index (χ0n) is 23.6. The first-order chi connectivity index (χ1) is 18.6. The molecule has 2 aromatic heterocycles. The van der Waals surface area contributed by atoms with Gasteiger partial charge in [0, 0.05) is 35.9 Å². The summed E-state index contributed by atoms with van der Waals surface area (Å²) >= 11 is 0. The lowest BCUT2D eigenvalue weighted by atomic mass is 10.1. The van der Waals surface area contributed by atoms with Crippen molar-refractivity contribution < 1.29 is 14.3 Å². The van der Waals surface area contributed by atoms with Crippen molar-refractivity contribution in [1.29, 1.82) is 0 Å². The van der Waals surface area contributed by atoms with Gasteiger partial charge in [-0.1, -0.05) is 19.1 Å². The second kappa shape index (κ2) is 11.7. The fourth-order valence-electron chi connectivity index (χ4n) is 4.57. The van der Waals surface area contributed by atoms with Gasteiger partial charge in [0.25, 0.3) is 0 Å². The molecule has 0 spiro atoms. The number of benzene rings is 2. The van der Waals surface area contributed by atoms with E-state index in [1.165, 1.54) is 5.56 Å². The number of anilines is 2. The highest BCUT2D eigenvalue weighted by molar-refractivity contribution is 5.99. The Balaban J connectivity index is 0.000000247. The molecule has 0 radical (unpaired) electrons. The summed E-state index contributed by atoms with van der Waals surface area (Å²) in [6.07, 6.45) is 8.34. The topological polar surface area (TPSA) is 89.3 Å². The highest BCUT2D eigenvalue weighted by atomic mass is 16.5. The normalized spacial score (nSPS) is 15.2. The maximum atomic E-state index is 12.3. The van der Waals surface area contributed by atoms with Crippen LogP contribution < -0.4 is 15.0 Å². The van der Waals surface area contributed by atoms with Crippen LogP contribution in [0.25, 0.3) is 10.9 Å². The lowest BCUT2D eigenvalue weighted by Crippen LogP contribution is -2.30. The minimum atomic E-state index is -0.0389. The number of pyridine rings is 1. The molecule has 2 aromatic carbocycles. The zero-order chi connectivity index (χ0) is 28.2. The highest BCUT2D eigenvalue weighted by Crippen LogP contribution is 2.35. The number of nitrogens with one attached hydrogen (secondary N) is 1. The predicted molar refractivity (Wildman–Crippen MR) is 155 cm³/mol. The van der Waals surface area contributed by atoms with Crippen LogP contribution in [0.15, 0.2) is 61.1 Å². The average Bonchev–Trinajstić information content (AvgIpc) is 3.52. The van der Waals surface area contributed by atoms with E-state index in [4.69, 9.17) is 4.74 Å². The molecular weight excluding hydrogens is 490 g/mol. The maximum absolute atomic E-state index is 12.3. The molecule has 204 valence electrons. The van der Waals surface area contributed by atoms with Crippen LogP contribution in [-0.2, 0) is 21.5 Å². The van der Waals surface area contributed by atoms with Crippen LogP contribution in [0, 0.1) is 6.92 Å². The van der Waals surface area contributed by atoms with Gasteiger partial charge in [-0.25, -0.2) is 0 Å². The summed E-state index contributed by atoms with van der Waals surface area (Å²) in [5.41, 5.74) is 4.86. The third kappa shape index (κ3) is 6.45. The van der Waals surface area contributed by atoms with Crippen LogP contribution in [0.3, 0.4) is 0 Å². The Labute approximate surface area is 230 Å². The Kier molecular flexibility index (Phi) is 8.33. The minimum absolute atomic E-state index is 0.0389. The molecule has 3 heterocycles. The number of rotatable bonds is 6. The van der Waals surface area contributed by atoms with Crippen molar-refractivity contribution in [2.24, 2.45) is 0 Å². The fourth-order valence-corrected chi connectivity index (χ4v) is 4.57. The Morgan fingerprint density at radius 2 is 1.92 bits per heavy atom. The molecule has 1 aliphatic rings. The van der Waals surface area contributed by atoms with E-state index in [1.807, 2.05) is 56.0 Å². The fraction of sp³-hybridized carbons (Fsp3) is 0.355. The largest absolute Gasteiger partial charge is 0.456 e. The molecular formula is C31H37N5O3. The van der Waals surface area contributed by atoms with E-state index in [0.29, 0.717) is 12.8 Å². The lowest BCUT2D eigenvalue weighted by molar-refractivity contribution is -0.117. The van der Waals surface area contributed by atoms with Crippen molar-refractivity contribution in [2.75, 3.05) is 10.2 Å². The van der Waals surface area contributed by atoms with Crippen LogP contribution in [-0.4, -0.2) is 33.1 Å². The Hall–Kier alpha value is -4.20. The summed E-state index contributed by atoms with van der Waals surface area (Å²) in [4.78, 5) is 28.7. The number of hydrogen-bond acceptors (Lipinski definition) is 5. The molecule has 2 amide bonds. The molecule has 0 bridgehead atoms. The smallest absolute Gasteiger partial charge is 0.227 e. The number of nitrogens with zero attached hydrogens (tertiary/aromatic N) is 4. The first-order valence-electron chi connectivity index (χ1n) is 13.3. The lowest BCUT2D eigenvalue weighted by Gasteiger charge is -2.22. The molecule has 5 rings (SSSR count). The number of carbonyl (C=O) groups excluding carboxylic acids is 2. The molecule has 1 atom stereocenters. The van der Waals surface area contributed by atoms with Crippen molar-refractivity contribution in [2.45, 2.75) is 72.4 Å². The van der Waals surface area contributed by atoms with E-state index in [-0.39, 0.29) is 17.5 Å². The van der Waals surface area contributed by atoms with E-state index in [1.54, 1.807) is 23.3 Å². The number of hydrogen-bond donors (Lipinski definition) is 1. The van der Waals surface area contributed by atoms with Crippen molar-refractivity contribution in [3.8, 4) is 11.5 Å². The van der Waals surface area contributed by atoms with E-state index in [0.717, 1.165) is 52.2 Å². The second-order valence-corrected chi connectivity index (χ2v) is 10.8. The summed E-state index contributed by atoms with van der Waals surface area (Å²) in [6, 6.07) is 14.3. The number of aromatic nitrogens is 3. The van der Waals surface area contributed by atoms with Crippen molar-refractivity contribution in [3.05, 3.63) is 72.2 Å². The van der Waals surface area contributed by atoms with Gasteiger partial charge in [0.15, 0.2) is 0 Å². The summed E-state index contributed by atoms with van der Waals surface area (Å²) < 4.78 is 8.05. The van der Waals surface area contributed by atoms with E-state index in [2.05, 4.69) is 48.3 Å². The molecule has 1 N–H and O–H groups in total. The van der Waals surface area contributed by atoms with Gasteiger partial charge in [0.1, 0.15) is 11.5 Å². The van der Waals surface area contributed by atoms with Gasteiger partial charge in [0.05, 0.1) is 22.9 Å². The molecule has 8 nitrogen and oxygen atoms in total. The van der Waals surface area contributed by atoms with Crippen LogP contribution in [0.1, 0.15) is 58.6 Å². The van der Waals surface area contributed by atoms with E-state index in [9.17, 15) is 9.59 Å². The number of carbonyl (C=O) groups is 2. The molecule has 8 heteroatoms. The van der Waals surface area contributed by atoms with E-state index >= 15 is 0 Å². The molecule has 1 unspecified atom stereocenters. The SMILES string of the molecule is CC(C)(C)n1cc(NC=O)cn1.CCc1ccc(Oc2ccnc3ccc(N4C(=O)CCC4C)cc23)c(C)c1. The Morgan fingerprint density at radius 3 is 2.54 bits per heavy atom. The van der Waals surface area contributed by atoms with Crippen molar-refractivity contribution in [3.63, 3.8) is 0 Å². The van der Waals surface area contributed by atoms with E-state index < -0.39 is 0 Å². The number of aryl methyl sites for hydroxylation is 2. The maximum Gasteiger partial charge on any atom is 0.227 e. The van der Waals surface area contributed by atoms with Gasteiger partial charge >= 0.3 is 0 Å². The summed E-state index contributed by atoms with van der Waals surface area (Å²) in [5, 5.41) is 7.55. The first kappa shape index (κ1) is 27.8. The van der Waals surface area contributed by atoms with Gasteiger partial charge in [-0.2, -0.15) is 5.10 Å². The van der Waals surface area contributed by atoms with Crippen molar-refractivity contribution >= 4 is 34.6 Å². The average molecular weight is 528 g/mol. The molecule has 1 fully saturated rings. The molecule has 1 saturated heterocycles. The summed E-state index contributed by atoms with van der Waals surface area (Å²) in [7, 11) is 0. The van der Waals surface area contributed by atoms with Crippen LogP contribution in [0.2, 0.25) is 0 Å². The van der Waals surface area contributed by atoms with Gasteiger partial charge < -0.3 is 15.0 Å². The molecule has 39 heavy (non-hydrogen) atoms. The van der Waals surface area contributed by atoms with Crippen LogP contribution >= 0.6 is 0 Å². The summed E-state index contributed by atoms with van der Waals surface area (Å²) in [5.74, 6) is 1.78. The van der Waals surface area contributed by atoms with Gasteiger partial charge in [-0.05, 0) is 88.9 Å². The number of ether oxygens (including phenoxy) is 1. The third-order valence-electron chi connectivity index (χ3n) is 6.81. The second-order valence-electron chi connectivity index (χ2n) is 10.8. The van der Waals surface area contributed by atoms with Gasteiger partial charge in [0.2, 0.25) is 12.3 Å². The van der Waals surface area contributed by atoms with Crippen LogP contribution in [0.4, 0.5) is 11.4 Å². The standard InChI is InChI=1S/C23H24N2O2.C8H13N3O/c1-4-17-6-9-21(15(2)13-17)27-22-11-12-24-20-8-7-18(14-19(20)22)25-16(3)5-10-23(25)26;1-8(2,3)11-5-7(4-10-11)9-6-12/h6-9,11-14,16H,4-5,10H2,1-3H3;4-6H,1-3H3,(H,9,12). The monoisotopic (exact) mass is 527 g/mol. The quantitative estimate of drug-likeness (QED) is 0.285. The molecule has 0 aliphatic carbocycles. The summed E-state index contributed by atoms with van der Waals surface area (Å²) in [6.45, 7) is 12.4. The highest BCUT2D eigenvalue weighted by Gasteiger charge is 2.29. The zero-order valence-corrected chi connectivity index (χ0v) is 23.6. The van der Waals surface area contributed by atoms with Gasteiger partial charge in [-0.15, -0.1) is 0 Å². The third-order valence-corrected chi connectivity index (χ3v) is 6.81. The van der Waals surface area contributed by atoms with Crippen LogP contribution in [0.5, 0.6) is 11.5 Å². The minimum Gasteiger partial charge on any atom is -0.456 e. The predicted octanol–water partition coefficient (Wildman–Crippen LogP) is 6.62. The number of amides is 2. The number of fused-ring (bicyclic) bond motifs is 1. The molecule has 0 saturated carbocycles. The van der Waals surface area contributed by atoms with Crippen molar-refractivity contribution in [1.82, 2.24) is 14.8 Å². The Bertz CT molecular complexity index is 1470. The Morgan fingerprint density at radius 1 is 1.13 bits per heavy atom. The first-order valence-corrected chi connectivity index (χ1v) is 13.3. The van der Waals surface area contributed by atoms with Gasteiger partial charge in [-0.3, -0.25) is 19.3 Å². The molecule has 1 aliphatic heterocycles.